The van der Waals surface area contributed by atoms with Crippen molar-refractivity contribution in [3.63, 3.8) is 0 Å². The fourth-order valence-corrected chi connectivity index (χ4v) is 1.03. The molecular formula is C8H17N3O4. The summed E-state index contributed by atoms with van der Waals surface area (Å²) in [6.45, 7) is 0.654. The maximum Gasteiger partial charge on any atom is 0.321 e. The Bertz CT molecular complexity index is 222. The lowest BCUT2D eigenvalue weighted by Gasteiger charge is -2.16. The highest BCUT2D eigenvalue weighted by atomic mass is 16.4. The molecule has 0 fully saturated rings. The Kier molecular flexibility index (Phi) is 6.59. The Morgan fingerprint density at radius 1 is 1.33 bits per heavy atom. The maximum atomic E-state index is 10.6. The molecule has 15 heavy (non-hydrogen) atoms. The molecule has 7 heteroatoms. The third-order valence-corrected chi connectivity index (χ3v) is 1.84. The lowest BCUT2D eigenvalue weighted by atomic mass is 10.1. The van der Waals surface area contributed by atoms with Crippen LogP contribution in [0.4, 0.5) is 0 Å². The van der Waals surface area contributed by atoms with Gasteiger partial charge in [-0.05, 0) is 13.0 Å². The third kappa shape index (κ3) is 6.83. The Morgan fingerprint density at radius 3 is 2.33 bits per heavy atom. The average Bonchev–Trinajstić information content (AvgIpc) is 2.11. The van der Waals surface area contributed by atoms with Gasteiger partial charge in [-0.1, -0.05) is 0 Å². The normalized spacial score (nSPS) is 14.5. The molecule has 1 unspecified atom stereocenters. The van der Waals surface area contributed by atoms with Gasteiger partial charge < -0.3 is 27.0 Å². The largest absolute Gasteiger partial charge is 0.481 e. The Hall–Kier alpha value is -1.18. The molecule has 0 aromatic heterocycles. The van der Waals surface area contributed by atoms with Gasteiger partial charge in [0.1, 0.15) is 6.04 Å². The van der Waals surface area contributed by atoms with Crippen LogP contribution in [0.25, 0.3) is 0 Å². The summed E-state index contributed by atoms with van der Waals surface area (Å²) in [5, 5.41) is 19.7. The smallest absolute Gasteiger partial charge is 0.321 e. The monoisotopic (exact) mass is 219 g/mol. The van der Waals surface area contributed by atoms with Crippen LogP contribution in [0.15, 0.2) is 0 Å². The Balaban J connectivity index is 3.96. The van der Waals surface area contributed by atoms with Crippen LogP contribution in [0.2, 0.25) is 0 Å². The van der Waals surface area contributed by atoms with E-state index in [1.807, 2.05) is 0 Å². The molecule has 0 aliphatic carbocycles. The van der Waals surface area contributed by atoms with Crippen LogP contribution in [-0.2, 0) is 9.59 Å². The van der Waals surface area contributed by atoms with Crippen molar-refractivity contribution in [3.8, 4) is 0 Å². The molecule has 0 radical (unpaired) electrons. The first-order valence-electron chi connectivity index (χ1n) is 4.61. The van der Waals surface area contributed by atoms with Crippen LogP contribution in [0.3, 0.4) is 0 Å². The van der Waals surface area contributed by atoms with E-state index in [-0.39, 0.29) is 12.6 Å². The van der Waals surface area contributed by atoms with Crippen LogP contribution in [0, 0.1) is 0 Å². The predicted octanol–water partition coefficient (Wildman–Crippen LogP) is -1.82. The number of carboxylic acids is 2. The Morgan fingerprint density at radius 2 is 1.93 bits per heavy atom. The lowest BCUT2D eigenvalue weighted by Crippen LogP contribution is -2.45. The van der Waals surface area contributed by atoms with Gasteiger partial charge in [0.05, 0.1) is 6.42 Å². The van der Waals surface area contributed by atoms with Gasteiger partial charge in [0.15, 0.2) is 0 Å². The second-order valence-corrected chi connectivity index (χ2v) is 3.23. The van der Waals surface area contributed by atoms with E-state index < -0.39 is 24.4 Å². The molecule has 0 amide bonds. The zero-order valence-corrected chi connectivity index (χ0v) is 8.35. The minimum Gasteiger partial charge on any atom is -0.481 e. The molecule has 0 bridgehead atoms. The van der Waals surface area contributed by atoms with Gasteiger partial charge in [-0.2, -0.15) is 0 Å². The quantitative estimate of drug-likeness (QED) is 0.324. The molecule has 0 rings (SSSR count). The third-order valence-electron chi connectivity index (χ3n) is 1.84. The van der Waals surface area contributed by atoms with E-state index >= 15 is 0 Å². The highest BCUT2D eigenvalue weighted by molar-refractivity contribution is 5.80. The van der Waals surface area contributed by atoms with Crippen molar-refractivity contribution in [2.45, 2.75) is 24.9 Å². The zero-order chi connectivity index (χ0) is 11.8. The number of carboxylic acid groups (broad SMARTS) is 2. The topological polar surface area (TPSA) is 139 Å². The van der Waals surface area contributed by atoms with Gasteiger partial charge in [0.25, 0.3) is 0 Å². The number of carbonyl (C=O) groups is 2. The summed E-state index contributed by atoms with van der Waals surface area (Å²) in [5.41, 5.74) is 10.8. The van der Waals surface area contributed by atoms with Crippen LogP contribution >= 0.6 is 0 Å². The van der Waals surface area contributed by atoms with Crippen LogP contribution in [0.1, 0.15) is 12.8 Å². The van der Waals surface area contributed by atoms with Crippen molar-refractivity contribution in [2.24, 2.45) is 11.5 Å². The van der Waals surface area contributed by atoms with E-state index in [0.29, 0.717) is 13.0 Å². The fourth-order valence-electron chi connectivity index (χ4n) is 1.03. The summed E-state index contributed by atoms with van der Waals surface area (Å²) in [6, 6.07) is -1.36. The number of hydrogen-bond donors (Lipinski definition) is 5. The highest BCUT2D eigenvalue weighted by Gasteiger charge is 2.20. The number of aliphatic carboxylic acids is 2. The van der Waals surface area contributed by atoms with E-state index in [0.717, 1.165) is 0 Å². The number of rotatable bonds is 8. The Labute approximate surface area is 87.4 Å². The summed E-state index contributed by atoms with van der Waals surface area (Å²) < 4.78 is 0. The van der Waals surface area contributed by atoms with Gasteiger partial charge in [-0.15, -0.1) is 0 Å². The van der Waals surface area contributed by atoms with Gasteiger partial charge in [-0.3, -0.25) is 9.59 Å². The van der Waals surface area contributed by atoms with Crippen molar-refractivity contribution < 1.29 is 19.8 Å². The van der Waals surface area contributed by atoms with Gasteiger partial charge in [0.2, 0.25) is 0 Å². The zero-order valence-electron chi connectivity index (χ0n) is 8.35. The van der Waals surface area contributed by atoms with Gasteiger partial charge in [-0.25, -0.2) is 0 Å². The number of hydrogen-bond acceptors (Lipinski definition) is 5. The summed E-state index contributed by atoms with van der Waals surface area (Å²) in [6.07, 6.45) is 0.0943. The average molecular weight is 219 g/mol. The molecule has 0 aromatic rings. The van der Waals surface area contributed by atoms with Crippen LogP contribution < -0.4 is 16.8 Å². The molecule has 0 saturated carbocycles. The lowest BCUT2D eigenvalue weighted by molar-refractivity contribution is -0.145. The molecular weight excluding hydrogens is 202 g/mol. The van der Waals surface area contributed by atoms with Gasteiger partial charge >= 0.3 is 11.9 Å². The van der Waals surface area contributed by atoms with Crippen LogP contribution in [0.5, 0.6) is 0 Å². The molecule has 2 atom stereocenters. The maximum absolute atomic E-state index is 10.6. The standard InChI is InChI=1S/C8H17N3O4/c9-2-1-5(10)4-11-6(8(14)15)3-7(12)13/h5-6,11H,1-4,9-10H2,(H,12,13)(H,14,15)/t5?,6-/m0/s1. The summed E-state index contributed by atoms with van der Waals surface area (Å²) in [5.74, 6) is -2.36. The van der Waals surface area contributed by atoms with E-state index in [1.54, 1.807) is 0 Å². The molecule has 88 valence electrons. The molecule has 0 saturated heterocycles. The summed E-state index contributed by atoms with van der Waals surface area (Å²) in [4.78, 5) is 20.9. The highest BCUT2D eigenvalue weighted by Crippen LogP contribution is 1.93. The van der Waals surface area contributed by atoms with Crippen molar-refractivity contribution in [2.75, 3.05) is 13.1 Å². The first-order valence-corrected chi connectivity index (χ1v) is 4.61. The second kappa shape index (κ2) is 7.16. The molecule has 0 aliphatic rings. The molecule has 7 nitrogen and oxygen atoms in total. The molecule has 7 N–H and O–H groups in total. The molecule has 0 spiro atoms. The summed E-state index contributed by atoms with van der Waals surface area (Å²) in [7, 11) is 0. The minimum atomic E-state index is -1.20. The van der Waals surface area contributed by atoms with E-state index in [9.17, 15) is 9.59 Å². The van der Waals surface area contributed by atoms with Crippen LogP contribution in [-0.4, -0.2) is 47.3 Å². The SMILES string of the molecule is NCCC(N)CN[C@@H](CC(=O)O)C(=O)O. The van der Waals surface area contributed by atoms with Gasteiger partial charge in [0, 0.05) is 12.6 Å². The first kappa shape index (κ1) is 13.8. The van der Waals surface area contributed by atoms with E-state index in [4.69, 9.17) is 21.7 Å². The van der Waals surface area contributed by atoms with Crippen molar-refractivity contribution in [1.82, 2.24) is 5.32 Å². The molecule has 0 aromatic carbocycles. The molecule has 0 heterocycles. The van der Waals surface area contributed by atoms with Crippen molar-refractivity contribution in [3.05, 3.63) is 0 Å². The first-order chi connectivity index (χ1) is 6.97. The van der Waals surface area contributed by atoms with Crippen molar-refractivity contribution >= 4 is 11.9 Å². The predicted molar refractivity (Wildman–Crippen MR) is 53.3 cm³/mol. The number of nitrogens with two attached hydrogens (primary N) is 2. The number of nitrogens with one attached hydrogen (secondary N) is 1. The second-order valence-electron chi connectivity index (χ2n) is 3.23. The van der Waals surface area contributed by atoms with E-state index in [1.165, 1.54) is 0 Å². The van der Waals surface area contributed by atoms with Crippen molar-refractivity contribution in [1.29, 1.82) is 0 Å². The summed E-state index contributed by atoms with van der Waals surface area (Å²) >= 11 is 0. The fraction of sp³-hybridized carbons (Fsp3) is 0.750. The van der Waals surface area contributed by atoms with E-state index in [2.05, 4.69) is 5.32 Å². The minimum absolute atomic E-state index is 0.238. The molecule has 0 aliphatic heterocycles.